The second-order valence-corrected chi connectivity index (χ2v) is 5.59. The van der Waals surface area contributed by atoms with Gasteiger partial charge in [0.1, 0.15) is 0 Å². The number of methoxy groups -OCH3 is 2. The molecule has 0 bridgehead atoms. The summed E-state index contributed by atoms with van der Waals surface area (Å²) in [5, 5.41) is 0. The summed E-state index contributed by atoms with van der Waals surface area (Å²) >= 11 is 3.27. The average Bonchev–Trinajstić information content (AvgIpc) is 2.69. The van der Waals surface area contributed by atoms with Crippen LogP contribution in [0.5, 0.6) is 0 Å². The van der Waals surface area contributed by atoms with Crippen LogP contribution in [0.2, 0.25) is 0 Å². The lowest BCUT2D eigenvalue weighted by atomic mass is 10.2. The van der Waals surface area contributed by atoms with Crippen molar-refractivity contribution in [1.29, 1.82) is 0 Å². The molecule has 152 valence electrons. The SMILES string of the molecule is C.C=CC(=O)OC.COC(=O)/C=C/c1ccccc1N.Nc1ccccc1Br. The zero-order chi connectivity index (χ0) is 20.7. The molecular weight excluding hydrogens is 424 g/mol. The lowest BCUT2D eigenvalue weighted by molar-refractivity contribution is -0.135. The summed E-state index contributed by atoms with van der Waals surface area (Å²) in [7, 11) is 2.64. The Bertz CT molecular complexity index is 756. The van der Waals surface area contributed by atoms with E-state index in [1.807, 2.05) is 42.5 Å². The molecule has 2 aromatic rings. The number of nitrogen functional groups attached to an aromatic ring is 2. The Morgan fingerprint density at radius 2 is 1.43 bits per heavy atom. The molecule has 2 aromatic carbocycles. The summed E-state index contributed by atoms with van der Waals surface area (Å²) in [6, 6.07) is 14.9. The second-order valence-electron chi connectivity index (χ2n) is 4.73. The quantitative estimate of drug-likeness (QED) is 0.406. The maximum Gasteiger partial charge on any atom is 0.330 e. The van der Waals surface area contributed by atoms with E-state index in [4.69, 9.17) is 11.5 Å². The average molecular weight is 451 g/mol. The number of halogens is 1. The maximum absolute atomic E-state index is 10.7. The van der Waals surface area contributed by atoms with Crippen LogP contribution in [0.25, 0.3) is 6.08 Å². The fraction of sp³-hybridized carbons (Fsp3) is 0.143. The highest BCUT2D eigenvalue weighted by molar-refractivity contribution is 9.10. The Hall–Kier alpha value is -3.06. The van der Waals surface area contributed by atoms with Crippen molar-refractivity contribution in [3.63, 3.8) is 0 Å². The van der Waals surface area contributed by atoms with Gasteiger partial charge in [0.05, 0.1) is 14.2 Å². The third-order valence-electron chi connectivity index (χ3n) is 2.87. The first-order chi connectivity index (χ1) is 12.8. The van der Waals surface area contributed by atoms with Gasteiger partial charge in [-0.25, -0.2) is 9.59 Å². The lowest BCUT2D eigenvalue weighted by Gasteiger charge is -1.97. The smallest absolute Gasteiger partial charge is 0.330 e. The van der Waals surface area contributed by atoms with Crippen molar-refractivity contribution in [3.05, 3.63) is 77.3 Å². The van der Waals surface area contributed by atoms with Gasteiger partial charge in [-0.15, -0.1) is 0 Å². The van der Waals surface area contributed by atoms with Gasteiger partial charge >= 0.3 is 11.9 Å². The fourth-order valence-electron chi connectivity index (χ4n) is 1.45. The first-order valence-electron chi connectivity index (χ1n) is 7.66. The van der Waals surface area contributed by atoms with Crippen molar-refractivity contribution in [2.75, 3.05) is 25.7 Å². The van der Waals surface area contributed by atoms with E-state index in [9.17, 15) is 9.59 Å². The molecule has 0 radical (unpaired) electrons. The van der Waals surface area contributed by atoms with Crippen molar-refractivity contribution in [3.8, 4) is 0 Å². The van der Waals surface area contributed by atoms with Gasteiger partial charge in [0.25, 0.3) is 0 Å². The van der Waals surface area contributed by atoms with Crippen LogP contribution in [0.1, 0.15) is 13.0 Å². The highest BCUT2D eigenvalue weighted by Gasteiger charge is 1.94. The molecule has 0 spiro atoms. The predicted molar refractivity (Wildman–Crippen MR) is 119 cm³/mol. The molecule has 4 N–H and O–H groups in total. The van der Waals surface area contributed by atoms with E-state index < -0.39 is 5.97 Å². The minimum atomic E-state index is -0.394. The van der Waals surface area contributed by atoms with E-state index in [0.717, 1.165) is 21.8 Å². The highest BCUT2D eigenvalue weighted by Crippen LogP contribution is 2.16. The number of nitrogens with two attached hydrogens (primary N) is 2. The zero-order valence-electron chi connectivity index (χ0n) is 15.2. The normalized spacial score (nSPS) is 8.82. The molecule has 0 saturated carbocycles. The van der Waals surface area contributed by atoms with Gasteiger partial charge in [-0.05, 0) is 45.8 Å². The van der Waals surface area contributed by atoms with E-state index >= 15 is 0 Å². The van der Waals surface area contributed by atoms with Crippen LogP contribution in [0.4, 0.5) is 11.4 Å². The van der Waals surface area contributed by atoms with Gasteiger partial charge in [0.2, 0.25) is 0 Å². The van der Waals surface area contributed by atoms with Crippen LogP contribution in [0.15, 0.2) is 71.7 Å². The molecule has 28 heavy (non-hydrogen) atoms. The number of rotatable bonds is 3. The van der Waals surface area contributed by atoms with Gasteiger partial charge in [0.15, 0.2) is 0 Å². The number of anilines is 2. The van der Waals surface area contributed by atoms with E-state index in [0.29, 0.717) is 5.69 Å². The van der Waals surface area contributed by atoms with Gasteiger partial charge in [-0.2, -0.15) is 0 Å². The molecule has 2 rings (SSSR count). The number of hydrogen-bond acceptors (Lipinski definition) is 6. The fourth-order valence-corrected chi connectivity index (χ4v) is 1.73. The topological polar surface area (TPSA) is 105 Å². The summed E-state index contributed by atoms with van der Waals surface area (Å²) < 4.78 is 9.55. The number of esters is 2. The standard InChI is InChI=1S/C10H11NO2.C6H6BrN.C4H6O2.CH4/c1-13-10(12)7-6-8-4-2-3-5-9(8)11;7-5-3-1-2-4-6(5)8;1-3-4(5)6-2;/h2-7H,11H2,1H3;1-4H,8H2;3H,1H2,2H3;1H4/b7-6+;;;. The minimum Gasteiger partial charge on any atom is -0.466 e. The molecule has 0 atom stereocenters. The van der Waals surface area contributed by atoms with Crippen LogP contribution in [-0.4, -0.2) is 26.2 Å². The molecule has 0 aliphatic carbocycles. The molecule has 0 amide bonds. The summed E-state index contributed by atoms with van der Waals surface area (Å²) in [6.07, 6.45) is 4.08. The number of carbonyl (C=O) groups is 2. The highest BCUT2D eigenvalue weighted by atomic mass is 79.9. The van der Waals surface area contributed by atoms with E-state index in [2.05, 4.69) is 32.0 Å². The Morgan fingerprint density at radius 1 is 0.929 bits per heavy atom. The lowest BCUT2D eigenvalue weighted by Crippen LogP contribution is -1.94. The van der Waals surface area contributed by atoms with Gasteiger partial charge in [-0.3, -0.25) is 0 Å². The molecular formula is C21H27BrN2O4. The number of para-hydroxylation sites is 2. The first-order valence-corrected chi connectivity index (χ1v) is 8.45. The number of hydrogen-bond donors (Lipinski definition) is 2. The summed E-state index contributed by atoms with van der Waals surface area (Å²) in [6.45, 7) is 3.16. The third-order valence-corrected chi connectivity index (χ3v) is 3.59. The van der Waals surface area contributed by atoms with E-state index in [1.54, 1.807) is 12.1 Å². The summed E-state index contributed by atoms with van der Waals surface area (Å²) in [4.78, 5) is 20.6. The minimum absolute atomic E-state index is 0. The molecule has 6 nitrogen and oxygen atoms in total. The van der Waals surface area contributed by atoms with Crippen molar-refractivity contribution < 1.29 is 19.1 Å². The Kier molecular flexibility index (Phi) is 15.7. The number of benzene rings is 2. The van der Waals surface area contributed by atoms with Crippen LogP contribution < -0.4 is 11.5 Å². The van der Waals surface area contributed by atoms with Crippen molar-refractivity contribution >= 4 is 45.3 Å². The monoisotopic (exact) mass is 450 g/mol. The van der Waals surface area contributed by atoms with Crippen LogP contribution in [-0.2, 0) is 19.1 Å². The third kappa shape index (κ3) is 12.3. The summed E-state index contributed by atoms with van der Waals surface area (Å²) in [5.41, 5.74) is 13.4. The Morgan fingerprint density at radius 3 is 1.79 bits per heavy atom. The van der Waals surface area contributed by atoms with Crippen molar-refractivity contribution in [2.45, 2.75) is 7.43 Å². The zero-order valence-corrected chi connectivity index (χ0v) is 16.8. The largest absolute Gasteiger partial charge is 0.466 e. The predicted octanol–water partition coefficient (Wildman–Crippen LogP) is 4.47. The van der Waals surface area contributed by atoms with Gasteiger partial charge in [-0.1, -0.05) is 44.3 Å². The molecule has 0 fully saturated rings. The van der Waals surface area contributed by atoms with Crippen molar-refractivity contribution in [1.82, 2.24) is 0 Å². The molecule has 0 aromatic heterocycles. The molecule has 7 heteroatoms. The first kappa shape index (κ1) is 27.2. The van der Waals surface area contributed by atoms with Crippen LogP contribution >= 0.6 is 15.9 Å². The Balaban J connectivity index is 0. The van der Waals surface area contributed by atoms with E-state index in [-0.39, 0.29) is 13.4 Å². The van der Waals surface area contributed by atoms with Crippen molar-refractivity contribution in [2.24, 2.45) is 0 Å². The molecule has 0 unspecified atom stereocenters. The van der Waals surface area contributed by atoms with Crippen LogP contribution in [0, 0.1) is 0 Å². The summed E-state index contributed by atoms with van der Waals surface area (Å²) in [5.74, 6) is -0.779. The van der Waals surface area contributed by atoms with Crippen LogP contribution in [0.3, 0.4) is 0 Å². The molecule has 0 saturated heterocycles. The molecule has 0 aliphatic heterocycles. The maximum atomic E-state index is 10.7. The number of carbonyl (C=O) groups excluding carboxylic acids is 2. The number of ether oxygens (including phenoxy) is 2. The Labute approximate surface area is 175 Å². The molecule has 0 aliphatic rings. The second kappa shape index (κ2) is 16.1. The molecule has 0 heterocycles. The van der Waals surface area contributed by atoms with Gasteiger partial charge in [0, 0.05) is 28.0 Å². The van der Waals surface area contributed by atoms with Gasteiger partial charge < -0.3 is 20.9 Å². The van der Waals surface area contributed by atoms with E-state index in [1.165, 1.54) is 20.3 Å².